The van der Waals surface area contributed by atoms with Crippen LogP contribution in [0.5, 0.6) is 0 Å². The van der Waals surface area contributed by atoms with Gasteiger partial charge in [0.05, 0.1) is 6.54 Å². The van der Waals surface area contributed by atoms with Crippen LogP contribution in [0.2, 0.25) is 0 Å². The quantitative estimate of drug-likeness (QED) is 0.613. The van der Waals surface area contributed by atoms with Crippen molar-refractivity contribution in [3.63, 3.8) is 0 Å². The zero-order valence-electron chi connectivity index (χ0n) is 12.1. The number of amides is 1. The lowest BCUT2D eigenvalue weighted by Crippen LogP contribution is -2.41. The number of carbonyl (C=O) groups is 2. The first-order valence-corrected chi connectivity index (χ1v) is 8.73. The number of nitrogens with two attached hydrogens (primary N) is 1. The fraction of sp³-hybridized carbons (Fsp3) is 0.500. The van der Waals surface area contributed by atoms with Gasteiger partial charge in [0.1, 0.15) is 5.69 Å². The third-order valence-corrected chi connectivity index (χ3v) is 4.85. The number of hydrogen-bond donors (Lipinski definition) is 3. The second-order valence-corrected chi connectivity index (χ2v) is 6.92. The monoisotopic (exact) mass is 364 g/mol. The van der Waals surface area contributed by atoms with Crippen LogP contribution in [0.15, 0.2) is 12.3 Å². The molecule has 4 N–H and O–H groups in total. The van der Waals surface area contributed by atoms with Crippen molar-refractivity contribution in [2.45, 2.75) is 18.8 Å². The number of aromatic nitrogens is 1. The van der Waals surface area contributed by atoms with Crippen molar-refractivity contribution in [1.82, 2.24) is 13.7 Å². The third kappa shape index (κ3) is 3.83. The van der Waals surface area contributed by atoms with E-state index in [0.717, 1.165) is 6.20 Å². The minimum Gasteiger partial charge on any atom is -0.477 e. The molecule has 9 nitrogen and oxygen atoms in total. The number of rotatable bonds is 5. The van der Waals surface area contributed by atoms with E-state index in [1.54, 1.807) is 4.90 Å². The average Bonchev–Trinajstić information content (AvgIpc) is 2.93. The summed E-state index contributed by atoms with van der Waals surface area (Å²) in [4.78, 5) is 27.1. The summed E-state index contributed by atoms with van der Waals surface area (Å²) in [5.74, 6) is -1.65. The van der Waals surface area contributed by atoms with E-state index in [1.165, 1.54) is 6.07 Å². The lowest BCUT2D eigenvalue weighted by atomic mass is 9.89. The van der Waals surface area contributed by atoms with Crippen LogP contribution in [0.4, 0.5) is 0 Å². The van der Waals surface area contributed by atoms with Gasteiger partial charge in [0.2, 0.25) is 5.91 Å². The Bertz CT molecular complexity index is 709. The largest absolute Gasteiger partial charge is 0.477 e. The van der Waals surface area contributed by atoms with Gasteiger partial charge in [-0.05, 0) is 42.2 Å². The molecule has 0 unspecified atom stereocenters. The van der Waals surface area contributed by atoms with Gasteiger partial charge in [0.25, 0.3) is 0 Å². The van der Waals surface area contributed by atoms with Crippen LogP contribution >= 0.6 is 11.8 Å². The predicted octanol–water partition coefficient (Wildman–Crippen LogP) is -0.313. The van der Waals surface area contributed by atoms with Crippen molar-refractivity contribution in [3.8, 4) is 0 Å². The molecule has 1 amide bonds. The summed E-state index contributed by atoms with van der Waals surface area (Å²) in [5, 5.41) is 14.3. The molecule has 0 aliphatic carbocycles. The van der Waals surface area contributed by atoms with E-state index in [-0.39, 0.29) is 24.1 Å². The molecule has 1 aromatic heterocycles. The summed E-state index contributed by atoms with van der Waals surface area (Å²) in [5.41, 5.74) is 0.0637. The maximum absolute atomic E-state index is 11.7. The van der Waals surface area contributed by atoms with Crippen LogP contribution in [-0.4, -0.2) is 53.9 Å². The highest BCUT2D eigenvalue weighted by Crippen LogP contribution is 2.31. The lowest BCUT2D eigenvalue weighted by molar-refractivity contribution is -0.130. The zero-order chi connectivity index (χ0) is 17.2. The first kappa shape index (κ1) is 17.7. The molecule has 0 spiro atoms. The molecule has 1 aliphatic heterocycles. The summed E-state index contributed by atoms with van der Waals surface area (Å²) >= 11 is 5.31. The Morgan fingerprint density at radius 2 is 2.00 bits per heavy atom. The van der Waals surface area contributed by atoms with E-state index in [1.807, 2.05) is 0 Å². The Kier molecular flexibility index (Phi) is 5.30. The molecule has 1 aliphatic rings. The van der Waals surface area contributed by atoms with Crippen LogP contribution in [0.1, 0.15) is 34.8 Å². The number of nitrogens with one attached hydrogen (secondary N) is 1. The molecule has 0 saturated carbocycles. The summed E-state index contributed by atoms with van der Waals surface area (Å²) in [6.07, 6.45) is 2.20. The topological polar surface area (TPSA) is 135 Å². The van der Waals surface area contributed by atoms with E-state index in [4.69, 9.17) is 16.9 Å². The SMILES string of the molecule is NS(=O)(=O)n1ccc(C2CCN(C(=O)CNCl)CC2)c1C(=O)O. The highest BCUT2D eigenvalue weighted by Gasteiger charge is 2.30. The van der Waals surface area contributed by atoms with Crippen molar-refractivity contribution in [1.29, 1.82) is 0 Å². The predicted molar refractivity (Wildman–Crippen MR) is 82.3 cm³/mol. The number of likely N-dealkylation sites (tertiary alicyclic amines) is 1. The van der Waals surface area contributed by atoms with Crippen molar-refractivity contribution in [3.05, 3.63) is 23.5 Å². The van der Waals surface area contributed by atoms with Gasteiger partial charge >= 0.3 is 16.2 Å². The van der Waals surface area contributed by atoms with Crippen LogP contribution in [-0.2, 0) is 15.0 Å². The van der Waals surface area contributed by atoms with Crippen LogP contribution in [0.3, 0.4) is 0 Å². The van der Waals surface area contributed by atoms with E-state index in [2.05, 4.69) is 4.84 Å². The molecule has 0 aromatic carbocycles. The summed E-state index contributed by atoms with van der Waals surface area (Å²) in [6, 6.07) is 1.45. The Morgan fingerprint density at radius 3 is 2.48 bits per heavy atom. The van der Waals surface area contributed by atoms with Crippen molar-refractivity contribution >= 4 is 33.9 Å². The van der Waals surface area contributed by atoms with Crippen molar-refractivity contribution < 1.29 is 23.1 Å². The molecule has 23 heavy (non-hydrogen) atoms. The molecule has 128 valence electrons. The summed E-state index contributed by atoms with van der Waals surface area (Å²) < 4.78 is 23.5. The molecule has 0 radical (unpaired) electrons. The Hall–Kier alpha value is -1.62. The molecule has 1 aromatic rings. The van der Waals surface area contributed by atoms with Gasteiger partial charge in [-0.15, -0.1) is 0 Å². The van der Waals surface area contributed by atoms with Crippen molar-refractivity contribution in [2.24, 2.45) is 5.14 Å². The van der Waals surface area contributed by atoms with Gasteiger partial charge in [-0.1, -0.05) is 0 Å². The van der Waals surface area contributed by atoms with Gasteiger partial charge in [-0.25, -0.2) is 18.7 Å². The molecule has 11 heteroatoms. The third-order valence-electron chi connectivity index (χ3n) is 3.87. The number of aromatic carboxylic acids is 1. The normalized spacial score (nSPS) is 16.5. The molecule has 1 fully saturated rings. The van der Waals surface area contributed by atoms with E-state index < -0.39 is 16.2 Å². The van der Waals surface area contributed by atoms with Crippen molar-refractivity contribution in [2.75, 3.05) is 19.6 Å². The van der Waals surface area contributed by atoms with Gasteiger partial charge < -0.3 is 10.0 Å². The smallest absolute Gasteiger partial charge is 0.353 e. The van der Waals surface area contributed by atoms with E-state index in [9.17, 15) is 23.1 Å². The highest BCUT2D eigenvalue weighted by molar-refractivity contribution is 7.87. The number of carboxylic acid groups (broad SMARTS) is 1. The Morgan fingerprint density at radius 1 is 1.39 bits per heavy atom. The minimum absolute atomic E-state index is 0.0222. The van der Waals surface area contributed by atoms with Crippen LogP contribution in [0, 0.1) is 0 Å². The van der Waals surface area contributed by atoms with Gasteiger partial charge in [0.15, 0.2) is 0 Å². The maximum Gasteiger partial charge on any atom is 0.353 e. The zero-order valence-corrected chi connectivity index (χ0v) is 13.7. The fourth-order valence-electron chi connectivity index (χ4n) is 2.80. The lowest BCUT2D eigenvalue weighted by Gasteiger charge is -2.32. The Labute approximate surface area is 138 Å². The van der Waals surface area contributed by atoms with Crippen LogP contribution in [0.25, 0.3) is 0 Å². The number of halogens is 1. The summed E-state index contributed by atoms with van der Waals surface area (Å²) in [6.45, 7) is 0.914. The standard InChI is InChI=1S/C12H17ClN4O5S/c13-15-7-10(18)16-4-1-8(2-5-16)9-3-6-17(23(14,21)22)11(9)12(19)20/h3,6,8,15H,1-2,4-5,7H2,(H,19,20)(H2,14,21,22). The first-order chi connectivity index (χ1) is 10.8. The summed E-state index contributed by atoms with van der Waals surface area (Å²) in [7, 11) is -4.18. The van der Waals surface area contributed by atoms with Gasteiger partial charge in [-0.2, -0.15) is 8.42 Å². The van der Waals surface area contributed by atoms with Crippen LogP contribution < -0.4 is 9.97 Å². The number of carbonyl (C=O) groups excluding carboxylic acids is 1. The second kappa shape index (κ2) is 6.87. The molecule has 1 saturated heterocycles. The maximum atomic E-state index is 11.7. The number of hydrogen-bond acceptors (Lipinski definition) is 5. The molecule has 0 atom stereocenters. The molecular weight excluding hydrogens is 348 g/mol. The molecule has 0 bridgehead atoms. The van der Waals surface area contributed by atoms with Gasteiger partial charge in [0, 0.05) is 19.3 Å². The minimum atomic E-state index is -4.18. The van der Waals surface area contributed by atoms with E-state index in [0.29, 0.717) is 35.5 Å². The van der Waals surface area contributed by atoms with Gasteiger partial charge in [-0.3, -0.25) is 4.79 Å². The number of piperidine rings is 1. The highest BCUT2D eigenvalue weighted by atomic mass is 35.5. The number of carboxylic acids is 1. The fourth-order valence-corrected chi connectivity index (χ4v) is 3.58. The molecular formula is C12H17ClN4O5S. The van der Waals surface area contributed by atoms with E-state index >= 15 is 0 Å². The average molecular weight is 365 g/mol. The second-order valence-electron chi connectivity index (χ2n) is 5.23. The number of nitrogens with zero attached hydrogens (tertiary/aromatic N) is 2. The molecule has 2 rings (SSSR count). The first-order valence-electron chi connectivity index (χ1n) is 6.84. The molecule has 2 heterocycles. The Balaban J connectivity index is 2.20.